The molecule has 6 nitrogen and oxygen atoms in total. The van der Waals surface area contributed by atoms with Crippen LogP contribution in [0.25, 0.3) is 5.69 Å². The van der Waals surface area contributed by atoms with Crippen LogP contribution in [0, 0.1) is 18.6 Å². The summed E-state index contributed by atoms with van der Waals surface area (Å²) in [6, 6.07) is 10.2. The molecule has 0 aliphatic carbocycles. The molecule has 0 saturated carbocycles. The number of hydrogen-bond acceptors (Lipinski definition) is 5. The lowest BCUT2D eigenvalue weighted by Crippen LogP contribution is -2.47. The summed E-state index contributed by atoms with van der Waals surface area (Å²) in [7, 11) is 0. The van der Waals surface area contributed by atoms with E-state index in [1.54, 1.807) is 0 Å². The van der Waals surface area contributed by atoms with Crippen molar-refractivity contribution in [1.82, 2.24) is 19.7 Å². The predicted octanol–water partition coefficient (Wildman–Crippen LogP) is 4.03. The maximum absolute atomic E-state index is 13.5. The van der Waals surface area contributed by atoms with E-state index < -0.39 is 11.6 Å². The SMILES string of the molecule is Cc1cc(Nc2ncn(-c3cc(F)cc(F)c3)n2)cc(C2CCN(C3COC3)C2)c1.[HH]. The first-order valence-corrected chi connectivity index (χ1v) is 10.1. The van der Waals surface area contributed by atoms with Gasteiger partial charge >= 0.3 is 0 Å². The molecule has 2 aliphatic heterocycles. The van der Waals surface area contributed by atoms with Gasteiger partial charge in [-0.3, -0.25) is 4.90 Å². The molecular weight excluding hydrogens is 388 g/mol. The molecule has 3 aromatic rings. The van der Waals surface area contributed by atoms with Crippen molar-refractivity contribution >= 4 is 11.6 Å². The summed E-state index contributed by atoms with van der Waals surface area (Å²) in [5.74, 6) is -0.447. The zero-order chi connectivity index (χ0) is 20.7. The van der Waals surface area contributed by atoms with Gasteiger partial charge in [0.1, 0.15) is 18.0 Å². The van der Waals surface area contributed by atoms with Gasteiger partial charge in [0.15, 0.2) is 0 Å². The second kappa shape index (κ2) is 7.77. The monoisotopic (exact) mass is 413 g/mol. The van der Waals surface area contributed by atoms with Crippen LogP contribution in [-0.4, -0.2) is 52.0 Å². The number of aromatic nitrogens is 3. The Balaban J connectivity index is 0.00000231. The van der Waals surface area contributed by atoms with Gasteiger partial charge < -0.3 is 10.1 Å². The molecule has 0 bridgehead atoms. The Kier molecular flexibility index (Phi) is 4.96. The molecule has 30 heavy (non-hydrogen) atoms. The van der Waals surface area contributed by atoms with Crippen LogP contribution in [0.2, 0.25) is 0 Å². The van der Waals surface area contributed by atoms with Crippen molar-refractivity contribution in [2.45, 2.75) is 25.3 Å². The summed E-state index contributed by atoms with van der Waals surface area (Å²) in [5, 5.41) is 7.53. The summed E-state index contributed by atoms with van der Waals surface area (Å²) >= 11 is 0. The molecule has 1 atom stereocenters. The highest BCUT2D eigenvalue weighted by Gasteiger charge is 2.33. The van der Waals surface area contributed by atoms with Crippen LogP contribution >= 0.6 is 0 Å². The molecule has 1 aromatic heterocycles. The van der Waals surface area contributed by atoms with Gasteiger partial charge in [-0.15, -0.1) is 5.10 Å². The number of nitrogens with one attached hydrogen (secondary N) is 1. The largest absolute Gasteiger partial charge is 0.378 e. The topological polar surface area (TPSA) is 55.2 Å². The van der Waals surface area contributed by atoms with Crippen molar-refractivity contribution < 1.29 is 14.9 Å². The number of likely N-dealkylation sites (tertiary alicyclic amines) is 1. The maximum atomic E-state index is 13.5. The van der Waals surface area contributed by atoms with Crippen molar-refractivity contribution in [3.05, 3.63) is 65.5 Å². The van der Waals surface area contributed by atoms with Crippen molar-refractivity contribution in [3.8, 4) is 5.69 Å². The maximum Gasteiger partial charge on any atom is 0.246 e. The van der Waals surface area contributed by atoms with Gasteiger partial charge in [-0.05, 0) is 61.2 Å². The molecule has 2 aliphatic rings. The minimum absolute atomic E-state index is 0. The van der Waals surface area contributed by atoms with Crippen LogP contribution in [0.3, 0.4) is 0 Å². The molecule has 5 rings (SSSR count). The molecular formula is C22H25F2N5O. The normalized spacial score (nSPS) is 19.8. The second-order valence-electron chi connectivity index (χ2n) is 8.07. The summed E-state index contributed by atoms with van der Waals surface area (Å²) < 4.78 is 33.6. The van der Waals surface area contributed by atoms with Crippen LogP contribution in [0.15, 0.2) is 42.7 Å². The Bertz CT molecular complexity index is 1050. The first-order valence-electron chi connectivity index (χ1n) is 10.1. The zero-order valence-corrected chi connectivity index (χ0v) is 16.7. The lowest BCUT2D eigenvalue weighted by molar-refractivity contribution is -0.0573. The van der Waals surface area contributed by atoms with Gasteiger partial charge in [0.25, 0.3) is 0 Å². The highest BCUT2D eigenvalue weighted by molar-refractivity contribution is 5.56. The number of halogens is 2. The van der Waals surface area contributed by atoms with E-state index in [4.69, 9.17) is 4.74 Å². The quantitative estimate of drug-likeness (QED) is 0.684. The molecule has 2 saturated heterocycles. The van der Waals surface area contributed by atoms with E-state index in [0.29, 0.717) is 17.9 Å². The minimum atomic E-state index is -0.655. The number of ether oxygens (including phenoxy) is 1. The molecule has 8 heteroatoms. The molecule has 3 heterocycles. The van der Waals surface area contributed by atoms with E-state index in [-0.39, 0.29) is 7.11 Å². The fourth-order valence-electron chi connectivity index (χ4n) is 4.19. The third-order valence-corrected chi connectivity index (χ3v) is 5.79. The molecule has 0 spiro atoms. The Morgan fingerprint density at radius 3 is 2.63 bits per heavy atom. The van der Waals surface area contributed by atoms with E-state index in [9.17, 15) is 8.78 Å². The Morgan fingerprint density at radius 1 is 1.10 bits per heavy atom. The Labute approximate surface area is 175 Å². The van der Waals surface area contributed by atoms with Crippen molar-refractivity contribution in [1.29, 1.82) is 0 Å². The van der Waals surface area contributed by atoms with E-state index in [0.717, 1.165) is 50.0 Å². The fourth-order valence-corrected chi connectivity index (χ4v) is 4.19. The third-order valence-electron chi connectivity index (χ3n) is 5.79. The minimum Gasteiger partial charge on any atom is -0.378 e. The van der Waals surface area contributed by atoms with E-state index in [2.05, 4.69) is 39.4 Å². The van der Waals surface area contributed by atoms with Crippen molar-refractivity contribution in [2.75, 3.05) is 31.6 Å². The number of nitrogens with zero attached hydrogens (tertiary/aromatic N) is 4. The van der Waals surface area contributed by atoms with Crippen LogP contribution in [0.4, 0.5) is 20.4 Å². The highest BCUT2D eigenvalue weighted by atomic mass is 19.1. The number of anilines is 2. The van der Waals surface area contributed by atoms with Gasteiger partial charge in [0.05, 0.1) is 24.9 Å². The van der Waals surface area contributed by atoms with Crippen LogP contribution in [0.1, 0.15) is 24.9 Å². The van der Waals surface area contributed by atoms with Crippen molar-refractivity contribution in [2.24, 2.45) is 0 Å². The average Bonchev–Trinajstić information content (AvgIpc) is 3.29. The standard InChI is InChI=1S/C22H23F2N5O.H2/c1-14-4-16(15-2-3-28(10-15)21-11-30-12-21)6-19(5-14)26-22-25-13-29(27-22)20-8-17(23)7-18(24)9-20;/h4-9,13,15,21H,2-3,10-12H2,1H3,(H,26,27);1H. The van der Waals surface area contributed by atoms with Gasteiger partial charge in [-0.25, -0.2) is 13.5 Å². The summed E-state index contributed by atoms with van der Waals surface area (Å²) in [6.45, 7) is 5.91. The second-order valence-corrected chi connectivity index (χ2v) is 8.07. The van der Waals surface area contributed by atoms with E-state index >= 15 is 0 Å². The van der Waals surface area contributed by atoms with Gasteiger partial charge in [-0.1, -0.05) is 6.07 Å². The zero-order valence-electron chi connectivity index (χ0n) is 16.7. The highest BCUT2D eigenvalue weighted by Crippen LogP contribution is 2.32. The van der Waals surface area contributed by atoms with Crippen LogP contribution in [0.5, 0.6) is 0 Å². The lowest BCUT2D eigenvalue weighted by atomic mass is 9.96. The summed E-state index contributed by atoms with van der Waals surface area (Å²) in [6.07, 6.45) is 2.57. The molecule has 0 amide bonds. The molecule has 158 valence electrons. The van der Waals surface area contributed by atoms with E-state index in [1.807, 2.05) is 6.07 Å². The fraction of sp³-hybridized carbons (Fsp3) is 0.364. The smallest absolute Gasteiger partial charge is 0.246 e. The first kappa shape index (κ1) is 19.1. The average molecular weight is 413 g/mol. The number of benzene rings is 2. The van der Waals surface area contributed by atoms with Gasteiger partial charge in [0.2, 0.25) is 5.95 Å². The van der Waals surface area contributed by atoms with Gasteiger partial charge in [0, 0.05) is 19.7 Å². The number of aryl methyl sites for hydroxylation is 1. The lowest BCUT2D eigenvalue weighted by Gasteiger charge is -2.34. The summed E-state index contributed by atoms with van der Waals surface area (Å²) in [4.78, 5) is 6.75. The molecule has 1 N–H and O–H groups in total. The summed E-state index contributed by atoms with van der Waals surface area (Å²) in [5.41, 5.74) is 3.64. The Morgan fingerprint density at radius 2 is 1.90 bits per heavy atom. The molecule has 1 unspecified atom stereocenters. The van der Waals surface area contributed by atoms with Crippen LogP contribution in [-0.2, 0) is 4.74 Å². The predicted molar refractivity (Wildman–Crippen MR) is 111 cm³/mol. The third kappa shape index (κ3) is 3.93. The number of rotatable bonds is 5. The molecule has 0 radical (unpaired) electrons. The van der Waals surface area contributed by atoms with Crippen molar-refractivity contribution in [3.63, 3.8) is 0 Å². The Hall–Kier alpha value is -2.84. The molecule has 2 aromatic carbocycles. The molecule has 2 fully saturated rings. The van der Waals surface area contributed by atoms with Gasteiger partial charge in [-0.2, -0.15) is 4.98 Å². The first-order chi connectivity index (χ1) is 14.5. The van der Waals surface area contributed by atoms with E-state index in [1.165, 1.54) is 28.7 Å². The number of hydrogen-bond donors (Lipinski definition) is 1. The van der Waals surface area contributed by atoms with Crippen LogP contribution < -0.4 is 5.32 Å².